The minimum Gasteiger partial charge on any atom is -0.293 e. The molecular formula is C16H29N. The maximum atomic E-state index is 4.23. The van der Waals surface area contributed by atoms with Crippen LogP contribution in [0, 0.1) is 5.92 Å². The maximum absolute atomic E-state index is 4.23. The summed E-state index contributed by atoms with van der Waals surface area (Å²) >= 11 is 0. The van der Waals surface area contributed by atoms with E-state index < -0.39 is 0 Å². The molecule has 1 nitrogen and oxygen atoms in total. The first-order valence-electron chi connectivity index (χ1n) is 7.02. The number of nitrogens with zero attached hydrogens (tertiary/aromatic N) is 1. The summed E-state index contributed by atoms with van der Waals surface area (Å²) in [4.78, 5) is 4.23. The lowest BCUT2D eigenvalue weighted by atomic mass is 9.90. The van der Waals surface area contributed by atoms with Crippen LogP contribution in [-0.4, -0.2) is 12.8 Å². The molecule has 0 aliphatic rings. The zero-order chi connectivity index (χ0) is 13.1. The van der Waals surface area contributed by atoms with Crippen molar-refractivity contribution in [2.45, 2.75) is 59.3 Å². The highest BCUT2D eigenvalue weighted by Crippen LogP contribution is 2.23. The monoisotopic (exact) mass is 235 g/mol. The summed E-state index contributed by atoms with van der Waals surface area (Å²) in [5.74, 6) is 0.658. The van der Waals surface area contributed by atoms with Crippen LogP contribution in [0.5, 0.6) is 0 Å². The molecule has 1 atom stereocenters. The van der Waals surface area contributed by atoms with Crippen LogP contribution in [0.4, 0.5) is 0 Å². The van der Waals surface area contributed by atoms with Gasteiger partial charge in [-0.15, -0.1) is 0 Å². The number of allylic oxidation sites excluding steroid dienone is 3. The van der Waals surface area contributed by atoms with Gasteiger partial charge in [-0.25, -0.2) is 0 Å². The zero-order valence-electron chi connectivity index (χ0n) is 12.1. The van der Waals surface area contributed by atoms with Gasteiger partial charge in [0.2, 0.25) is 0 Å². The fraction of sp³-hybridized carbons (Fsp3) is 0.688. The van der Waals surface area contributed by atoms with Gasteiger partial charge in [0, 0.05) is 12.8 Å². The molecule has 98 valence electrons. The molecular weight excluding hydrogens is 206 g/mol. The van der Waals surface area contributed by atoms with Gasteiger partial charge in [-0.2, -0.15) is 0 Å². The fourth-order valence-corrected chi connectivity index (χ4v) is 2.00. The van der Waals surface area contributed by atoms with Crippen LogP contribution >= 0.6 is 0 Å². The molecule has 0 rings (SSSR count). The summed E-state index contributed by atoms with van der Waals surface area (Å²) in [5, 5.41) is 0. The first-order chi connectivity index (χ1) is 8.19. The maximum Gasteiger partial charge on any atom is 0.0342 e. The standard InChI is InChI=1S/C16H29N/c1-6-9-11-15(10-7-2)14(4)12-13-16(8-3)17-5/h12-13,15H,4,6-11H2,1-3,5H3/b13-12-,17-16?. The summed E-state index contributed by atoms with van der Waals surface area (Å²) in [6, 6.07) is 0. The van der Waals surface area contributed by atoms with Crippen molar-refractivity contribution in [3.05, 3.63) is 24.3 Å². The highest BCUT2D eigenvalue weighted by atomic mass is 14.7. The molecule has 0 heterocycles. The number of unbranched alkanes of at least 4 members (excludes halogenated alkanes) is 1. The van der Waals surface area contributed by atoms with Crippen molar-refractivity contribution >= 4 is 5.71 Å². The van der Waals surface area contributed by atoms with Gasteiger partial charge in [0.15, 0.2) is 0 Å². The summed E-state index contributed by atoms with van der Waals surface area (Å²) in [5.41, 5.74) is 2.42. The smallest absolute Gasteiger partial charge is 0.0342 e. The van der Waals surface area contributed by atoms with Gasteiger partial charge in [-0.05, 0) is 31.3 Å². The molecule has 0 aliphatic heterocycles. The van der Waals surface area contributed by atoms with Crippen molar-refractivity contribution in [1.29, 1.82) is 0 Å². The van der Waals surface area contributed by atoms with E-state index in [4.69, 9.17) is 0 Å². The van der Waals surface area contributed by atoms with Gasteiger partial charge in [0.05, 0.1) is 0 Å². The second-order valence-electron chi connectivity index (χ2n) is 4.60. The summed E-state index contributed by atoms with van der Waals surface area (Å²) in [7, 11) is 1.85. The van der Waals surface area contributed by atoms with Crippen LogP contribution in [-0.2, 0) is 0 Å². The van der Waals surface area contributed by atoms with Crippen molar-refractivity contribution in [3.63, 3.8) is 0 Å². The largest absolute Gasteiger partial charge is 0.293 e. The molecule has 0 amide bonds. The summed E-state index contributed by atoms with van der Waals surface area (Å²) in [6.45, 7) is 10.9. The van der Waals surface area contributed by atoms with Crippen molar-refractivity contribution in [3.8, 4) is 0 Å². The van der Waals surface area contributed by atoms with E-state index in [0.717, 1.165) is 12.1 Å². The first-order valence-corrected chi connectivity index (χ1v) is 7.02. The normalized spacial score (nSPS) is 14.2. The quantitative estimate of drug-likeness (QED) is 0.385. The minimum atomic E-state index is 0.658. The highest BCUT2D eigenvalue weighted by Gasteiger charge is 2.08. The average molecular weight is 235 g/mol. The third-order valence-electron chi connectivity index (χ3n) is 3.21. The lowest BCUT2D eigenvalue weighted by Gasteiger charge is -2.16. The molecule has 0 aromatic carbocycles. The molecule has 0 aliphatic carbocycles. The SMILES string of the molecule is C=C(/C=C\C(CC)=NC)C(CCC)CCCC. The number of aliphatic imine (C=N–C) groups is 1. The predicted octanol–water partition coefficient (Wildman–Crippen LogP) is 5.19. The summed E-state index contributed by atoms with van der Waals surface area (Å²) in [6.07, 6.45) is 11.6. The predicted molar refractivity (Wildman–Crippen MR) is 79.9 cm³/mol. The van der Waals surface area contributed by atoms with Gasteiger partial charge < -0.3 is 0 Å². The zero-order valence-corrected chi connectivity index (χ0v) is 12.1. The average Bonchev–Trinajstić information content (AvgIpc) is 2.35. The Morgan fingerprint density at radius 2 is 1.82 bits per heavy atom. The second kappa shape index (κ2) is 10.3. The number of hydrogen-bond acceptors (Lipinski definition) is 1. The number of rotatable bonds is 9. The molecule has 1 unspecified atom stereocenters. The van der Waals surface area contributed by atoms with Crippen LogP contribution in [0.15, 0.2) is 29.3 Å². The Hall–Kier alpha value is -0.850. The van der Waals surface area contributed by atoms with Crippen LogP contribution in [0.1, 0.15) is 59.3 Å². The Kier molecular flexibility index (Phi) is 9.80. The third-order valence-corrected chi connectivity index (χ3v) is 3.21. The van der Waals surface area contributed by atoms with E-state index in [1.807, 2.05) is 7.05 Å². The van der Waals surface area contributed by atoms with Crippen LogP contribution in [0.25, 0.3) is 0 Å². The van der Waals surface area contributed by atoms with Gasteiger partial charge >= 0.3 is 0 Å². The van der Waals surface area contributed by atoms with E-state index in [9.17, 15) is 0 Å². The lowest BCUT2D eigenvalue weighted by molar-refractivity contribution is 0.497. The van der Waals surface area contributed by atoms with Crippen molar-refractivity contribution < 1.29 is 0 Å². The highest BCUT2D eigenvalue weighted by molar-refractivity contribution is 5.94. The molecule has 17 heavy (non-hydrogen) atoms. The molecule has 0 spiro atoms. The molecule has 0 bridgehead atoms. The lowest BCUT2D eigenvalue weighted by Crippen LogP contribution is -2.02. The first kappa shape index (κ1) is 16.1. The molecule has 0 aromatic rings. The molecule has 0 fully saturated rings. The second-order valence-corrected chi connectivity index (χ2v) is 4.60. The molecule has 0 radical (unpaired) electrons. The Labute approximate surface area is 108 Å². The van der Waals surface area contributed by atoms with Gasteiger partial charge in [0.1, 0.15) is 0 Å². The van der Waals surface area contributed by atoms with Crippen molar-refractivity contribution in [1.82, 2.24) is 0 Å². The number of hydrogen-bond donors (Lipinski definition) is 0. The Bertz CT molecular complexity index is 261. The Morgan fingerprint density at radius 1 is 1.12 bits per heavy atom. The van der Waals surface area contributed by atoms with E-state index >= 15 is 0 Å². The van der Waals surface area contributed by atoms with Crippen LogP contribution in [0.2, 0.25) is 0 Å². The van der Waals surface area contributed by atoms with E-state index in [0.29, 0.717) is 5.92 Å². The van der Waals surface area contributed by atoms with E-state index in [-0.39, 0.29) is 0 Å². The van der Waals surface area contributed by atoms with E-state index in [1.54, 1.807) is 0 Å². The molecule has 0 N–H and O–H groups in total. The molecule has 1 heteroatoms. The third kappa shape index (κ3) is 7.14. The summed E-state index contributed by atoms with van der Waals surface area (Å²) < 4.78 is 0. The minimum absolute atomic E-state index is 0.658. The van der Waals surface area contributed by atoms with Crippen LogP contribution in [0.3, 0.4) is 0 Å². The van der Waals surface area contributed by atoms with Gasteiger partial charge in [0.25, 0.3) is 0 Å². The topological polar surface area (TPSA) is 12.4 Å². The molecule has 0 saturated heterocycles. The van der Waals surface area contributed by atoms with E-state index in [1.165, 1.54) is 37.7 Å². The van der Waals surface area contributed by atoms with Gasteiger partial charge in [-0.3, -0.25) is 4.99 Å². The van der Waals surface area contributed by atoms with Crippen molar-refractivity contribution in [2.75, 3.05) is 7.05 Å². The molecule has 0 aromatic heterocycles. The fourth-order valence-electron chi connectivity index (χ4n) is 2.00. The van der Waals surface area contributed by atoms with E-state index in [2.05, 4.69) is 44.5 Å². The van der Waals surface area contributed by atoms with Crippen LogP contribution < -0.4 is 0 Å². The van der Waals surface area contributed by atoms with Crippen molar-refractivity contribution in [2.24, 2.45) is 10.9 Å². The molecule has 0 saturated carbocycles. The Morgan fingerprint density at radius 3 is 2.29 bits per heavy atom. The van der Waals surface area contributed by atoms with Gasteiger partial charge in [-0.1, -0.05) is 58.3 Å². The Balaban J connectivity index is 4.40.